The molecule has 2 rings (SSSR count). The molecule has 1 aromatic carbocycles. The molecule has 0 fully saturated rings. The van der Waals surface area contributed by atoms with E-state index in [1.807, 2.05) is 0 Å². The first-order valence-corrected chi connectivity index (χ1v) is 5.81. The van der Waals surface area contributed by atoms with E-state index < -0.39 is 5.97 Å². The first-order chi connectivity index (χ1) is 9.50. The van der Waals surface area contributed by atoms with Gasteiger partial charge in [0.05, 0.1) is 16.9 Å². The fourth-order valence-corrected chi connectivity index (χ4v) is 1.79. The van der Waals surface area contributed by atoms with Crippen LogP contribution < -0.4 is 10.6 Å². The summed E-state index contributed by atoms with van der Waals surface area (Å²) in [4.78, 5) is 28.3. The summed E-state index contributed by atoms with van der Waals surface area (Å²) < 4.78 is 0. The van der Waals surface area contributed by atoms with E-state index >= 15 is 0 Å². The number of nitrogen functional groups attached to an aromatic ring is 1. The van der Waals surface area contributed by atoms with Gasteiger partial charge in [-0.1, -0.05) is 0 Å². The number of carboxylic acid groups (broad SMARTS) is 1. The van der Waals surface area contributed by atoms with Crippen molar-refractivity contribution in [3.8, 4) is 0 Å². The van der Waals surface area contributed by atoms with E-state index in [1.54, 1.807) is 19.2 Å². The Balaban J connectivity index is 2.32. The lowest BCUT2D eigenvalue weighted by Gasteiger charge is -2.19. The van der Waals surface area contributed by atoms with Crippen molar-refractivity contribution in [2.45, 2.75) is 0 Å². The summed E-state index contributed by atoms with van der Waals surface area (Å²) >= 11 is 0. The summed E-state index contributed by atoms with van der Waals surface area (Å²) in [5, 5.41) is 8.88. The summed E-state index contributed by atoms with van der Waals surface area (Å²) in [5.74, 6) is -1.31. The highest BCUT2D eigenvalue weighted by molar-refractivity contribution is 6.07. The lowest BCUT2D eigenvalue weighted by atomic mass is 10.1. The first kappa shape index (κ1) is 13.5. The van der Waals surface area contributed by atoms with E-state index in [-0.39, 0.29) is 17.2 Å². The number of carboxylic acids is 1. The summed E-state index contributed by atoms with van der Waals surface area (Å²) in [6.45, 7) is 0. The van der Waals surface area contributed by atoms with Gasteiger partial charge in [-0.05, 0) is 30.3 Å². The zero-order valence-corrected chi connectivity index (χ0v) is 10.8. The number of aromatic carboxylic acids is 1. The van der Waals surface area contributed by atoms with Crippen LogP contribution in [0.3, 0.4) is 0 Å². The second kappa shape index (κ2) is 5.40. The highest BCUT2D eigenvalue weighted by Gasteiger charge is 2.16. The van der Waals surface area contributed by atoms with Gasteiger partial charge in [0.1, 0.15) is 0 Å². The summed E-state index contributed by atoms with van der Waals surface area (Å²) in [5.41, 5.74) is 7.05. The molecule has 0 saturated carbocycles. The Hall–Kier alpha value is -2.89. The number of rotatable bonds is 3. The Kier molecular flexibility index (Phi) is 3.65. The van der Waals surface area contributed by atoms with Gasteiger partial charge in [0, 0.05) is 25.0 Å². The second-order valence-electron chi connectivity index (χ2n) is 4.18. The van der Waals surface area contributed by atoms with Crippen molar-refractivity contribution in [2.24, 2.45) is 0 Å². The molecule has 1 amide bonds. The molecule has 1 heterocycles. The molecule has 0 aliphatic rings. The summed E-state index contributed by atoms with van der Waals surface area (Å²) in [6.07, 6.45) is 3.05. The van der Waals surface area contributed by atoms with Crippen LogP contribution in [-0.4, -0.2) is 29.0 Å². The minimum absolute atomic E-state index is 0.0796. The lowest BCUT2D eigenvalue weighted by Crippen LogP contribution is -2.27. The fraction of sp³-hybridized carbons (Fsp3) is 0.0714. The van der Waals surface area contributed by atoms with Gasteiger partial charge in [-0.2, -0.15) is 0 Å². The van der Waals surface area contributed by atoms with Crippen molar-refractivity contribution < 1.29 is 14.7 Å². The maximum absolute atomic E-state index is 12.2. The van der Waals surface area contributed by atoms with Gasteiger partial charge in [0.25, 0.3) is 5.91 Å². The predicted molar refractivity (Wildman–Crippen MR) is 74.8 cm³/mol. The Bertz CT molecular complexity index is 656. The molecule has 0 spiro atoms. The third kappa shape index (κ3) is 2.59. The van der Waals surface area contributed by atoms with Crippen molar-refractivity contribution in [3.05, 3.63) is 53.9 Å². The van der Waals surface area contributed by atoms with E-state index in [0.29, 0.717) is 11.3 Å². The molecule has 0 unspecified atom stereocenters. The molecule has 1 aromatic heterocycles. The smallest absolute Gasteiger partial charge is 0.335 e. The molecule has 2 aromatic rings. The number of anilines is 2. The number of carbonyl (C=O) groups excluding carboxylic acids is 1. The molecule has 0 aliphatic carbocycles. The van der Waals surface area contributed by atoms with Crippen LogP contribution in [0.2, 0.25) is 0 Å². The molecule has 3 N–H and O–H groups in total. The second-order valence-corrected chi connectivity index (χ2v) is 4.18. The van der Waals surface area contributed by atoms with E-state index in [9.17, 15) is 9.59 Å². The number of amides is 1. The number of aromatic nitrogens is 1. The van der Waals surface area contributed by atoms with Crippen LogP contribution in [0.4, 0.5) is 11.4 Å². The highest BCUT2D eigenvalue weighted by Crippen LogP contribution is 2.24. The molecular weight excluding hydrogens is 258 g/mol. The van der Waals surface area contributed by atoms with Crippen molar-refractivity contribution in [1.29, 1.82) is 0 Å². The van der Waals surface area contributed by atoms with Crippen LogP contribution in [0.25, 0.3) is 0 Å². The molecule has 0 atom stereocenters. The lowest BCUT2D eigenvalue weighted by molar-refractivity contribution is 0.0697. The van der Waals surface area contributed by atoms with Gasteiger partial charge in [-0.25, -0.2) is 4.79 Å². The van der Waals surface area contributed by atoms with Crippen molar-refractivity contribution in [3.63, 3.8) is 0 Å². The van der Waals surface area contributed by atoms with Gasteiger partial charge in [-0.15, -0.1) is 0 Å². The largest absolute Gasteiger partial charge is 0.478 e. The van der Waals surface area contributed by atoms with Gasteiger partial charge in [0.2, 0.25) is 0 Å². The normalized spacial score (nSPS) is 10.1. The van der Waals surface area contributed by atoms with E-state index in [0.717, 1.165) is 0 Å². The monoisotopic (exact) mass is 271 g/mol. The zero-order chi connectivity index (χ0) is 14.7. The van der Waals surface area contributed by atoms with E-state index in [2.05, 4.69) is 4.98 Å². The molecule has 6 nitrogen and oxygen atoms in total. The Morgan fingerprint density at radius 3 is 2.35 bits per heavy atom. The number of hydrogen-bond donors (Lipinski definition) is 2. The van der Waals surface area contributed by atoms with Crippen LogP contribution in [0.15, 0.2) is 42.7 Å². The van der Waals surface area contributed by atoms with Crippen molar-refractivity contribution in [1.82, 2.24) is 4.98 Å². The molecular formula is C14H13N3O3. The van der Waals surface area contributed by atoms with E-state index in [1.165, 1.54) is 35.5 Å². The van der Waals surface area contributed by atoms with E-state index in [4.69, 9.17) is 10.8 Å². The standard InChI is InChI=1S/C14H13N3O3/c1-17(13(18)9-4-6-16-7-5-9)12-3-2-10(14(19)20)8-11(12)15/h2-8H,15H2,1H3,(H,19,20). The summed E-state index contributed by atoms with van der Waals surface area (Å²) in [6, 6.07) is 7.44. The first-order valence-electron chi connectivity index (χ1n) is 5.81. The van der Waals surface area contributed by atoms with Gasteiger partial charge in [-0.3, -0.25) is 9.78 Å². The third-order valence-corrected chi connectivity index (χ3v) is 2.87. The minimum Gasteiger partial charge on any atom is -0.478 e. The molecule has 0 bridgehead atoms. The zero-order valence-electron chi connectivity index (χ0n) is 10.8. The molecule has 6 heteroatoms. The number of pyridine rings is 1. The van der Waals surface area contributed by atoms with Crippen molar-refractivity contribution >= 4 is 23.3 Å². The maximum Gasteiger partial charge on any atom is 0.335 e. The SMILES string of the molecule is CN(C(=O)c1ccncc1)c1ccc(C(=O)O)cc1N. The Morgan fingerprint density at radius 1 is 1.15 bits per heavy atom. The Labute approximate surface area is 115 Å². The van der Waals surface area contributed by atoms with Gasteiger partial charge < -0.3 is 15.7 Å². The number of nitrogens with two attached hydrogens (primary N) is 1. The third-order valence-electron chi connectivity index (χ3n) is 2.87. The van der Waals surface area contributed by atoms with Crippen LogP contribution in [0, 0.1) is 0 Å². The Morgan fingerprint density at radius 2 is 1.80 bits per heavy atom. The number of carbonyl (C=O) groups is 2. The number of benzene rings is 1. The predicted octanol–water partition coefficient (Wildman–Crippen LogP) is 1.64. The number of hydrogen-bond acceptors (Lipinski definition) is 4. The quantitative estimate of drug-likeness (QED) is 0.827. The molecule has 102 valence electrons. The van der Waals surface area contributed by atoms with Crippen molar-refractivity contribution in [2.75, 3.05) is 17.7 Å². The molecule has 0 saturated heterocycles. The maximum atomic E-state index is 12.2. The molecule has 0 radical (unpaired) electrons. The fourth-order valence-electron chi connectivity index (χ4n) is 1.79. The molecule has 0 aliphatic heterocycles. The highest BCUT2D eigenvalue weighted by atomic mass is 16.4. The van der Waals surface area contributed by atoms with Gasteiger partial charge in [0.15, 0.2) is 0 Å². The van der Waals surface area contributed by atoms with Crippen LogP contribution in [-0.2, 0) is 0 Å². The summed E-state index contributed by atoms with van der Waals surface area (Å²) in [7, 11) is 1.58. The van der Waals surface area contributed by atoms with Crippen LogP contribution in [0.5, 0.6) is 0 Å². The average molecular weight is 271 g/mol. The van der Waals surface area contributed by atoms with Crippen LogP contribution in [0.1, 0.15) is 20.7 Å². The molecule has 20 heavy (non-hydrogen) atoms. The average Bonchev–Trinajstić information content (AvgIpc) is 2.46. The minimum atomic E-state index is -1.06. The topological polar surface area (TPSA) is 96.5 Å². The van der Waals surface area contributed by atoms with Crippen LogP contribution >= 0.6 is 0 Å². The van der Waals surface area contributed by atoms with Gasteiger partial charge >= 0.3 is 5.97 Å². The number of nitrogens with zero attached hydrogens (tertiary/aromatic N) is 2.